The molecule has 0 atom stereocenters. The minimum absolute atomic E-state index is 0.0352. The van der Waals surface area contributed by atoms with Crippen LogP contribution < -0.4 is 10.0 Å². The van der Waals surface area contributed by atoms with E-state index in [2.05, 4.69) is 15.0 Å². The Morgan fingerprint density at radius 1 is 1.20 bits per heavy atom. The number of aromatic nitrogens is 1. The summed E-state index contributed by atoms with van der Waals surface area (Å²) in [4.78, 5) is 16.2. The van der Waals surface area contributed by atoms with E-state index >= 15 is 0 Å². The van der Waals surface area contributed by atoms with Crippen LogP contribution in [-0.4, -0.2) is 39.6 Å². The normalized spacial score (nSPS) is 11.2. The van der Waals surface area contributed by atoms with Gasteiger partial charge in [-0.25, -0.2) is 13.1 Å². The lowest BCUT2D eigenvalue weighted by Crippen LogP contribution is -2.26. The first-order valence-corrected chi connectivity index (χ1v) is 9.28. The van der Waals surface area contributed by atoms with E-state index in [1.807, 2.05) is 0 Å². The lowest BCUT2D eigenvalue weighted by molar-refractivity contribution is 0.0948. The number of benzene rings is 1. The molecule has 0 aliphatic heterocycles. The zero-order valence-corrected chi connectivity index (χ0v) is 14.8. The van der Waals surface area contributed by atoms with Crippen LogP contribution in [0.15, 0.2) is 53.6 Å². The van der Waals surface area contributed by atoms with E-state index in [0.717, 1.165) is 0 Å². The predicted octanol–water partition coefficient (Wildman–Crippen LogP) is 1.33. The zero-order valence-electron chi connectivity index (χ0n) is 13.9. The topological polar surface area (TPSA) is 97.4 Å². The maximum Gasteiger partial charge on any atom is 0.251 e. The standard InChI is InChI=1S/C17H21N3O4S/c1-24-11-5-10-19-17(21)14-6-4-8-16(12-14)25(22,23)20-13-15-7-2-3-9-18-15/h2-4,6-9,12,20H,5,10-11,13H2,1H3,(H,19,21). The van der Waals surface area contributed by atoms with Crippen molar-refractivity contribution in [2.45, 2.75) is 17.9 Å². The fourth-order valence-electron chi connectivity index (χ4n) is 2.08. The molecule has 1 aromatic heterocycles. The van der Waals surface area contributed by atoms with Crippen molar-refractivity contribution in [2.24, 2.45) is 0 Å². The van der Waals surface area contributed by atoms with Crippen LogP contribution in [0, 0.1) is 0 Å². The molecule has 1 aromatic carbocycles. The van der Waals surface area contributed by atoms with Crippen molar-refractivity contribution >= 4 is 15.9 Å². The number of amides is 1. The van der Waals surface area contributed by atoms with E-state index in [1.54, 1.807) is 43.6 Å². The SMILES string of the molecule is COCCCNC(=O)c1cccc(S(=O)(=O)NCc2ccccn2)c1. The highest BCUT2D eigenvalue weighted by Crippen LogP contribution is 2.12. The Balaban J connectivity index is 2.02. The summed E-state index contributed by atoms with van der Waals surface area (Å²) in [5, 5.41) is 2.73. The quantitative estimate of drug-likeness (QED) is 0.655. The number of nitrogens with zero attached hydrogens (tertiary/aromatic N) is 1. The molecule has 7 nitrogen and oxygen atoms in total. The molecule has 1 heterocycles. The smallest absolute Gasteiger partial charge is 0.251 e. The molecule has 134 valence electrons. The van der Waals surface area contributed by atoms with Crippen molar-refractivity contribution in [1.29, 1.82) is 0 Å². The summed E-state index contributed by atoms with van der Waals surface area (Å²) in [5.74, 6) is -0.321. The molecule has 0 radical (unpaired) electrons. The van der Waals surface area contributed by atoms with Gasteiger partial charge in [0.25, 0.3) is 5.91 Å². The maximum atomic E-state index is 12.4. The molecule has 25 heavy (non-hydrogen) atoms. The van der Waals surface area contributed by atoms with Gasteiger partial charge in [-0.1, -0.05) is 12.1 Å². The van der Waals surface area contributed by atoms with Gasteiger partial charge in [-0.15, -0.1) is 0 Å². The molecule has 0 spiro atoms. The number of rotatable bonds is 9. The van der Waals surface area contributed by atoms with Gasteiger partial charge in [0.2, 0.25) is 10.0 Å². The van der Waals surface area contributed by atoms with Crippen molar-refractivity contribution < 1.29 is 17.9 Å². The number of carbonyl (C=O) groups excluding carboxylic acids is 1. The van der Waals surface area contributed by atoms with Gasteiger partial charge in [-0.05, 0) is 36.8 Å². The summed E-state index contributed by atoms with van der Waals surface area (Å²) in [6.45, 7) is 1.09. The summed E-state index contributed by atoms with van der Waals surface area (Å²) in [6, 6.07) is 11.2. The van der Waals surface area contributed by atoms with Crippen molar-refractivity contribution in [3.8, 4) is 0 Å². The third-order valence-electron chi connectivity index (χ3n) is 3.39. The summed E-state index contributed by atoms with van der Waals surface area (Å²) in [6.07, 6.45) is 2.28. The number of carbonyl (C=O) groups is 1. The van der Waals surface area contributed by atoms with E-state index in [4.69, 9.17) is 4.74 Å². The summed E-state index contributed by atoms with van der Waals surface area (Å²) < 4.78 is 32.2. The van der Waals surface area contributed by atoms with Crippen LogP contribution in [0.1, 0.15) is 22.5 Å². The average Bonchev–Trinajstić information content (AvgIpc) is 2.64. The van der Waals surface area contributed by atoms with Crippen molar-refractivity contribution in [3.05, 3.63) is 59.9 Å². The largest absolute Gasteiger partial charge is 0.385 e. The van der Waals surface area contributed by atoms with E-state index in [1.165, 1.54) is 12.1 Å². The minimum Gasteiger partial charge on any atom is -0.385 e. The second kappa shape index (κ2) is 9.26. The van der Waals surface area contributed by atoms with Crippen LogP contribution in [0.2, 0.25) is 0 Å². The van der Waals surface area contributed by atoms with Gasteiger partial charge in [-0.2, -0.15) is 0 Å². The van der Waals surface area contributed by atoms with Crippen molar-refractivity contribution in [2.75, 3.05) is 20.3 Å². The maximum absolute atomic E-state index is 12.4. The first-order valence-electron chi connectivity index (χ1n) is 7.80. The fraction of sp³-hybridized carbons (Fsp3) is 0.294. The Hall–Kier alpha value is -2.29. The lowest BCUT2D eigenvalue weighted by atomic mass is 10.2. The summed E-state index contributed by atoms with van der Waals surface area (Å²) in [7, 11) is -2.14. The Morgan fingerprint density at radius 3 is 2.76 bits per heavy atom. The molecule has 0 unspecified atom stereocenters. The lowest BCUT2D eigenvalue weighted by Gasteiger charge is -2.09. The Kier molecular flexibility index (Phi) is 7.05. The molecule has 0 aliphatic carbocycles. The number of ether oxygens (including phenoxy) is 1. The van der Waals surface area contributed by atoms with Crippen molar-refractivity contribution in [1.82, 2.24) is 15.0 Å². The number of hydrogen-bond acceptors (Lipinski definition) is 5. The number of nitrogens with one attached hydrogen (secondary N) is 2. The third-order valence-corrected chi connectivity index (χ3v) is 4.79. The van der Waals surface area contributed by atoms with Crippen LogP contribution in [0.25, 0.3) is 0 Å². The third kappa shape index (κ3) is 5.93. The van der Waals surface area contributed by atoms with E-state index < -0.39 is 10.0 Å². The van der Waals surface area contributed by atoms with Gasteiger partial charge in [-0.3, -0.25) is 9.78 Å². The average molecular weight is 363 g/mol. The molecule has 1 amide bonds. The molecule has 0 fully saturated rings. The van der Waals surface area contributed by atoms with Crippen molar-refractivity contribution in [3.63, 3.8) is 0 Å². The second-order valence-electron chi connectivity index (χ2n) is 5.28. The predicted molar refractivity (Wildman–Crippen MR) is 93.5 cm³/mol. The number of methoxy groups -OCH3 is 1. The van der Waals surface area contributed by atoms with Gasteiger partial charge in [0.05, 0.1) is 17.1 Å². The zero-order chi connectivity index (χ0) is 18.1. The first-order chi connectivity index (χ1) is 12.0. The van der Waals surface area contributed by atoms with Gasteiger partial charge in [0.1, 0.15) is 0 Å². The van der Waals surface area contributed by atoms with Gasteiger partial charge in [0.15, 0.2) is 0 Å². The molecule has 8 heteroatoms. The second-order valence-corrected chi connectivity index (χ2v) is 7.04. The molecule has 0 saturated heterocycles. The van der Waals surface area contributed by atoms with E-state index in [9.17, 15) is 13.2 Å². The highest BCUT2D eigenvalue weighted by atomic mass is 32.2. The Bertz CT molecular complexity index is 795. The monoisotopic (exact) mass is 363 g/mol. The van der Waals surface area contributed by atoms with E-state index in [-0.39, 0.29) is 22.9 Å². The molecular formula is C17H21N3O4S. The van der Waals surface area contributed by atoms with E-state index in [0.29, 0.717) is 25.3 Å². The number of hydrogen-bond donors (Lipinski definition) is 2. The molecule has 2 N–H and O–H groups in total. The molecule has 0 aliphatic rings. The highest BCUT2D eigenvalue weighted by molar-refractivity contribution is 7.89. The number of pyridine rings is 1. The summed E-state index contributed by atoms with van der Waals surface area (Å²) >= 11 is 0. The van der Waals surface area contributed by atoms with Crippen LogP contribution in [0.4, 0.5) is 0 Å². The Morgan fingerprint density at radius 2 is 2.04 bits per heavy atom. The van der Waals surface area contributed by atoms with Gasteiger partial charge in [0, 0.05) is 32.0 Å². The van der Waals surface area contributed by atoms with Gasteiger partial charge < -0.3 is 10.1 Å². The molecule has 2 rings (SSSR count). The van der Waals surface area contributed by atoms with Crippen LogP contribution in [0.5, 0.6) is 0 Å². The Labute approximate surface area is 147 Å². The molecule has 2 aromatic rings. The highest BCUT2D eigenvalue weighted by Gasteiger charge is 2.16. The van der Waals surface area contributed by atoms with Gasteiger partial charge >= 0.3 is 0 Å². The van der Waals surface area contributed by atoms with Crippen LogP contribution >= 0.6 is 0 Å². The summed E-state index contributed by atoms with van der Waals surface area (Å²) in [5.41, 5.74) is 0.899. The van der Waals surface area contributed by atoms with Crippen LogP contribution in [0.3, 0.4) is 0 Å². The first kappa shape index (κ1) is 19.0. The molecule has 0 saturated carbocycles. The molecular weight excluding hydrogens is 342 g/mol. The fourth-order valence-corrected chi connectivity index (χ4v) is 3.12. The minimum atomic E-state index is -3.73. The number of sulfonamides is 1. The molecule has 0 bridgehead atoms. The van der Waals surface area contributed by atoms with Crippen LogP contribution in [-0.2, 0) is 21.3 Å².